The summed E-state index contributed by atoms with van der Waals surface area (Å²) in [6.07, 6.45) is 2.55. The highest BCUT2D eigenvalue weighted by Crippen LogP contribution is 2.24. The molecule has 6 nitrogen and oxygen atoms in total. The molecule has 0 unspecified atom stereocenters. The zero-order valence-corrected chi connectivity index (χ0v) is 15.3. The second-order valence-corrected chi connectivity index (χ2v) is 6.03. The third kappa shape index (κ3) is 3.91. The van der Waals surface area contributed by atoms with Gasteiger partial charge in [-0.15, -0.1) is 0 Å². The first kappa shape index (κ1) is 18.1. The molecule has 0 amide bonds. The predicted octanol–water partition coefficient (Wildman–Crippen LogP) is 3.69. The van der Waals surface area contributed by atoms with Gasteiger partial charge in [0.15, 0.2) is 5.82 Å². The van der Waals surface area contributed by atoms with Crippen LogP contribution in [0.3, 0.4) is 0 Å². The van der Waals surface area contributed by atoms with Gasteiger partial charge in [-0.3, -0.25) is 4.98 Å². The molecule has 1 aromatic carbocycles. The maximum atomic E-state index is 12.6. The lowest BCUT2D eigenvalue weighted by Gasteiger charge is -2.09. The fourth-order valence-electron chi connectivity index (χ4n) is 2.70. The van der Waals surface area contributed by atoms with Crippen molar-refractivity contribution in [2.75, 3.05) is 19.8 Å². The van der Waals surface area contributed by atoms with Gasteiger partial charge in [0.25, 0.3) is 0 Å². The molecular weight excluding hydrogens is 330 g/mol. The lowest BCUT2D eigenvalue weighted by Crippen LogP contribution is -2.13. The Hall–Kier alpha value is -2.73. The lowest BCUT2D eigenvalue weighted by molar-refractivity contribution is 0.0335. The Morgan fingerprint density at radius 3 is 2.81 bits per heavy atom. The molecule has 3 aromatic rings. The molecule has 0 spiro atoms. The SMILES string of the molecule is CCOCCOC(=O)c1cc(CC)cnc1-c1nc2ccc(C)cc2[nH]1. The van der Waals surface area contributed by atoms with Crippen LogP contribution in [0.5, 0.6) is 0 Å². The predicted molar refractivity (Wildman–Crippen MR) is 100 cm³/mol. The minimum Gasteiger partial charge on any atom is -0.460 e. The van der Waals surface area contributed by atoms with Crippen molar-refractivity contribution in [1.82, 2.24) is 15.0 Å². The van der Waals surface area contributed by atoms with Crippen LogP contribution in [0.25, 0.3) is 22.6 Å². The number of benzene rings is 1. The Bertz CT molecular complexity index is 918. The number of carbonyl (C=O) groups is 1. The van der Waals surface area contributed by atoms with Crippen molar-refractivity contribution < 1.29 is 14.3 Å². The van der Waals surface area contributed by atoms with Crippen LogP contribution in [0.4, 0.5) is 0 Å². The molecule has 6 heteroatoms. The molecule has 0 aliphatic carbocycles. The number of H-pyrrole nitrogens is 1. The van der Waals surface area contributed by atoms with Crippen molar-refractivity contribution in [2.24, 2.45) is 0 Å². The molecule has 0 fully saturated rings. The first-order chi connectivity index (χ1) is 12.6. The monoisotopic (exact) mass is 353 g/mol. The number of aromatic nitrogens is 3. The number of pyridine rings is 1. The number of nitrogens with one attached hydrogen (secondary N) is 1. The highest BCUT2D eigenvalue weighted by Gasteiger charge is 2.19. The number of fused-ring (bicyclic) bond motifs is 1. The molecule has 0 bridgehead atoms. The summed E-state index contributed by atoms with van der Waals surface area (Å²) in [5, 5.41) is 0. The number of carbonyl (C=O) groups excluding carboxylic acids is 1. The van der Waals surface area contributed by atoms with Crippen LogP contribution in [0, 0.1) is 6.92 Å². The lowest BCUT2D eigenvalue weighted by atomic mass is 10.1. The van der Waals surface area contributed by atoms with E-state index in [2.05, 4.69) is 15.0 Å². The van der Waals surface area contributed by atoms with Crippen molar-refractivity contribution in [2.45, 2.75) is 27.2 Å². The van der Waals surface area contributed by atoms with Gasteiger partial charge in [0.2, 0.25) is 0 Å². The standard InChI is InChI=1S/C20H23N3O3/c1-4-14-11-15(20(24)26-9-8-25-5-2)18(21-12-14)19-22-16-7-6-13(3)10-17(16)23-19/h6-7,10-12H,4-5,8-9H2,1-3H3,(H,22,23). The number of imidazole rings is 1. The maximum absolute atomic E-state index is 12.6. The minimum atomic E-state index is -0.417. The van der Waals surface area contributed by atoms with Gasteiger partial charge in [-0.1, -0.05) is 13.0 Å². The molecule has 2 heterocycles. The Labute approximate surface area is 152 Å². The fourth-order valence-corrected chi connectivity index (χ4v) is 2.70. The van der Waals surface area contributed by atoms with Crippen LogP contribution >= 0.6 is 0 Å². The van der Waals surface area contributed by atoms with Crippen LogP contribution < -0.4 is 0 Å². The zero-order chi connectivity index (χ0) is 18.5. The molecule has 26 heavy (non-hydrogen) atoms. The van der Waals surface area contributed by atoms with Crippen LogP contribution in [-0.4, -0.2) is 40.7 Å². The largest absolute Gasteiger partial charge is 0.460 e. The van der Waals surface area contributed by atoms with Crippen molar-refractivity contribution in [3.05, 3.63) is 47.2 Å². The molecule has 3 rings (SSSR count). The van der Waals surface area contributed by atoms with E-state index in [1.807, 2.05) is 45.0 Å². The normalized spacial score (nSPS) is 11.0. The number of aryl methyl sites for hydroxylation is 2. The number of rotatable bonds is 7. The highest BCUT2D eigenvalue weighted by molar-refractivity contribution is 5.96. The molecule has 0 atom stereocenters. The molecule has 0 saturated heterocycles. The average Bonchev–Trinajstić information content (AvgIpc) is 3.07. The smallest absolute Gasteiger partial charge is 0.340 e. The Morgan fingerprint density at radius 1 is 1.19 bits per heavy atom. The van der Waals surface area contributed by atoms with Crippen molar-refractivity contribution >= 4 is 17.0 Å². The van der Waals surface area contributed by atoms with Gasteiger partial charge >= 0.3 is 5.97 Å². The van der Waals surface area contributed by atoms with Gasteiger partial charge in [0.05, 0.1) is 23.2 Å². The first-order valence-corrected chi connectivity index (χ1v) is 8.83. The average molecular weight is 353 g/mol. The summed E-state index contributed by atoms with van der Waals surface area (Å²) in [4.78, 5) is 24.9. The van der Waals surface area contributed by atoms with E-state index < -0.39 is 5.97 Å². The van der Waals surface area contributed by atoms with Gasteiger partial charge in [0, 0.05) is 12.8 Å². The van der Waals surface area contributed by atoms with Crippen LogP contribution in [0.15, 0.2) is 30.5 Å². The third-order valence-corrected chi connectivity index (χ3v) is 4.10. The summed E-state index contributed by atoms with van der Waals surface area (Å²) in [5.74, 6) is 0.143. The first-order valence-electron chi connectivity index (χ1n) is 8.83. The van der Waals surface area contributed by atoms with Crippen LogP contribution in [0.1, 0.15) is 35.3 Å². The van der Waals surface area contributed by atoms with Crippen molar-refractivity contribution in [3.8, 4) is 11.5 Å². The highest BCUT2D eigenvalue weighted by atomic mass is 16.6. The van der Waals surface area contributed by atoms with Crippen molar-refractivity contribution in [3.63, 3.8) is 0 Å². The van der Waals surface area contributed by atoms with Gasteiger partial charge in [-0.05, 0) is 49.6 Å². The van der Waals surface area contributed by atoms with E-state index in [1.54, 1.807) is 6.20 Å². The summed E-state index contributed by atoms with van der Waals surface area (Å²) in [7, 11) is 0. The summed E-state index contributed by atoms with van der Waals surface area (Å²) in [6.45, 7) is 7.12. The number of hydrogen-bond donors (Lipinski definition) is 1. The van der Waals surface area contributed by atoms with Gasteiger partial charge in [-0.2, -0.15) is 0 Å². The molecule has 2 aromatic heterocycles. The Morgan fingerprint density at radius 2 is 2.04 bits per heavy atom. The van der Waals surface area contributed by atoms with E-state index in [0.717, 1.165) is 28.6 Å². The summed E-state index contributed by atoms with van der Waals surface area (Å²) in [6, 6.07) is 7.80. The second kappa shape index (κ2) is 8.10. The number of ether oxygens (including phenoxy) is 2. The number of esters is 1. The number of hydrogen-bond acceptors (Lipinski definition) is 5. The summed E-state index contributed by atoms with van der Waals surface area (Å²) < 4.78 is 10.6. The minimum absolute atomic E-state index is 0.210. The summed E-state index contributed by atoms with van der Waals surface area (Å²) in [5.41, 5.74) is 4.77. The van der Waals surface area contributed by atoms with Crippen LogP contribution in [0.2, 0.25) is 0 Å². The maximum Gasteiger partial charge on any atom is 0.340 e. The van der Waals surface area contributed by atoms with E-state index in [9.17, 15) is 4.79 Å². The van der Waals surface area contributed by atoms with E-state index in [-0.39, 0.29) is 6.61 Å². The molecule has 0 saturated carbocycles. The van der Waals surface area contributed by atoms with Crippen LogP contribution in [-0.2, 0) is 15.9 Å². The second-order valence-electron chi connectivity index (χ2n) is 6.03. The topological polar surface area (TPSA) is 77.1 Å². The third-order valence-electron chi connectivity index (χ3n) is 4.10. The Kier molecular flexibility index (Phi) is 5.63. The van der Waals surface area contributed by atoms with E-state index >= 15 is 0 Å². The fraction of sp³-hybridized carbons (Fsp3) is 0.350. The van der Waals surface area contributed by atoms with Crippen molar-refractivity contribution in [1.29, 1.82) is 0 Å². The Balaban J connectivity index is 1.95. The summed E-state index contributed by atoms with van der Waals surface area (Å²) >= 11 is 0. The van der Waals surface area contributed by atoms with E-state index in [1.165, 1.54) is 0 Å². The van der Waals surface area contributed by atoms with Gasteiger partial charge in [0.1, 0.15) is 12.3 Å². The van der Waals surface area contributed by atoms with E-state index in [4.69, 9.17) is 9.47 Å². The molecule has 136 valence electrons. The number of nitrogens with zero attached hydrogens (tertiary/aromatic N) is 2. The molecular formula is C20H23N3O3. The molecule has 0 aliphatic heterocycles. The molecule has 1 N–H and O–H groups in total. The molecule has 0 radical (unpaired) electrons. The van der Waals surface area contributed by atoms with Gasteiger partial charge in [-0.25, -0.2) is 9.78 Å². The number of aromatic amines is 1. The quantitative estimate of drug-likeness (QED) is 0.518. The zero-order valence-electron chi connectivity index (χ0n) is 15.3. The van der Waals surface area contributed by atoms with Gasteiger partial charge < -0.3 is 14.5 Å². The van der Waals surface area contributed by atoms with E-state index in [0.29, 0.717) is 30.3 Å². The molecule has 0 aliphatic rings.